The normalized spacial score (nSPS) is 12.9. The van der Waals surface area contributed by atoms with Crippen molar-refractivity contribution in [3.05, 3.63) is 29.8 Å². The Hall–Kier alpha value is -1.02. The van der Waals surface area contributed by atoms with Crippen LogP contribution in [0.15, 0.2) is 24.3 Å². The van der Waals surface area contributed by atoms with Crippen molar-refractivity contribution in [3.8, 4) is 5.75 Å². The Kier molecular flexibility index (Phi) is 3.96. The standard InChI is InChI=1S/C12H19NO/c1-4-12(13)10-5-7-11(8-6-10)14-9(2)3/h5-9,12H,4,13H2,1-3H3/t12-/m1/s1. The molecule has 0 bridgehead atoms. The maximum Gasteiger partial charge on any atom is 0.119 e. The van der Waals surface area contributed by atoms with E-state index in [4.69, 9.17) is 10.5 Å². The average molecular weight is 193 g/mol. The number of nitrogens with two attached hydrogens (primary N) is 1. The molecule has 78 valence electrons. The van der Waals surface area contributed by atoms with Crippen LogP contribution in [0.3, 0.4) is 0 Å². The van der Waals surface area contributed by atoms with Crippen LogP contribution in [0.2, 0.25) is 0 Å². The molecule has 0 heterocycles. The van der Waals surface area contributed by atoms with E-state index in [0.29, 0.717) is 0 Å². The number of hydrogen-bond donors (Lipinski definition) is 1. The molecule has 1 rings (SSSR count). The second kappa shape index (κ2) is 5.01. The highest BCUT2D eigenvalue weighted by Gasteiger charge is 2.03. The van der Waals surface area contributed by atoms with E-state index in [-0.39, 0.29) is 12.1 Å². The molecule has 0 fully saturated rings. The number of rotatable bonds is 4. The van der Waals surface area contributed by atoms with Crippen molar-refractivity contribution in [2.24, 2.45) is 5.73 Å². The van der Waals surface area contributed by atoms with Gasteiger partial charge < -0.3 is 10.5 Å². The molecule has 0 aromatic heterocycles. The van der Waals surface area contributed by atoms with E-state index in [0.717, 1.165) is 12.2 Å². The second-order valence-electron chi connectivity index (χ2n) is 3.75. The van der Waals surface area contributed by atoms with E-state index in [1.807, 2.05) is 38.1 Å². The zero-order chi connectivity index (χ0) is 10.6. The summed E-state index contributed by atoms with van der Waals surface area (Å²) in [6.07, 6.45) is 1.19. The van der Waals surface area contributed by atoms with E-state index < -0.39 is 0 Å². The number of hydrogen-bond acceptors (Lipinski definition) is 2. The van der Waals surface area contributed by atoms with E-state index >= 15 is 0 Å². The molecule has 0 aliphatic rings. The molecule has 2 heteroatoms. The van der Waals surface area contributed by atoms with E-state index in [1.165, 1.54) is 5.56 Å². The third-order valence-electron chi connectivity index (χ3n) is 2.12. The number of ether oxygens (including phenoxy) is 1. The number of benzene rings is 1. The molecule has 1 aromatic carbocycles. The predicted molar refractivity (Wildman–Crippen MR) is 59.4 cm³/mol. The molecular formula is C12H19NO. The second-order valence-corrected chi connectivity index (χ2v) is 3.75. The summed E-state index contributed by atoms with van der Waals surface area (Å²) in [5.74, 6) is 0.909. The molecule has 0 aliphatic carbocycles. The summed E-state index contributed by atoms with van der Waals surface area (Å²) in [5.41, 5.74) is 7.07. The Balaban J connectivity index is 2.68. The molecule has 0 amide bonds. The largest absolute Gasteiger partial charge is 0.491 e. The minimum Gasteiger partial charge on any atom is -0.491 e. The summed E-state index contributed by atoms with van der Waals surface area (Å²) in [5, 5.41) is 0. The predicted octanol–water partition coefficient (Wildman–Crippen LogP) is 2.88. The lowest BCUT2D eigenvalue weighted by atomic mass is 10.1. The van der Waals surface area contributed by atoms with Gasteiger partial charge in [-0.1, -0.05) is 19.1 Å². The van der Waals surface area contributed by atoms with Crippen LogP contribution in [0.1, 0.15) is 38.8 Å². The van der Waals surface area contributed by atoms with E-state index in [1.54, 1.807) is 0 Å². The highest BCUT2D eigenvalue weighted by molar-refractivity contribution is 5.29. The van der Waals surface area contributed by atoms with Crippen molar-refractivity contribution in [2.75, 3.05) is 0 Å². The zero-order valence-corrected chi connectivity index (χ0v) is 9.16. The van der Waals surface area contributed by atoms with Crippen molar-refractivity contribution < 1.29 is 4.74 Å². The lowest BCUT2D eigenvalue weighted by Gasteiger charge is -2.12. The van der Waals surface area contributed by atoms with Crippen LogP contribution in [0.4, 0.5) is 0 Å². The van der Waals surface area contributed by atoms with Gasteiger partial charge in [0, 0.05) is 6.04 Å². The molecule has 0 unspecified atom stereocenters. The Bertz CT molecular complexity index is 266. The molecule has 2 nitrogen and oxygen atoms in total. The summed E-state index contributed by atoms with van der Waals surface area (Å²) in [6.45, 7) is 6.13. The van der Waals surface area contributed by atoms with Crippen LogP contribution in [0.5, 0.6) is 5.75 Å². The highest BCUT2D eigenvalue weighted by atomic mass is 16.5. The molecule has 0 saturated heterocycles. The van der Waals surface area contributed by atoms with Crippen molar-refractivity contribution >= 4 is 0 Å². The van der Waals surface area contributed by atoms with Crippen molar-refractivity contribution in [2.45, 2.75) is 39.3 Å². The maximum absolute atomic E-state index is 5.90. The molecule has 0 radical (unpaired) electrons. The molecule has 1 aromatic rings. The molecule has 0 saturated carbocycles. The first-order chi connectivity index (χ1) is 6.63. The monoisotopic (exact) mass is 193 g/mol. The maximum atomic E-state index is 5.90. The summed E-state index contributed by atoms with van der Waals surface area (Å²) in [4.78, 5) is 0. The van der Waals surface area contributed by atoms with Crippen LogP contribution in [0, 0.1) is 0 Å². The molecule has 1 atom stereocenters. The van der Waals surface area contributed by atoms with Gasteiger partial charge in [-0.2, -0.15) is 0 Å². The highest BCUT2D eigenvalue weighted by Crippen LogP contribution is 2.18. The third-order valence-corrected chi connectivity index (χ3v) is 2.12. The van der Waals surface area contributed by atoms with Crippen LogP contribution in [-0.4, -0.2) is 6.10 Å². The lowest BCUT2D eigenvalue weighted by molar-refractivity contribution is 0.242. The zero-order valence-electron chi connectivity index (χ0n) is 9.16. The van der Waals surface area contributed by atoms with Gasteiger partial charge in [0.2, 0.25) is 0 Å². The van der Waals surface area contributed by atoms with Gasteiger partial charge in [0.15, 0.2) is 0 Å². The molecule has 0 aliphatic heterocycles. The van der Waals surface area contributed by atoms with E-state index in [2.05, 4.69) is 6.92 Å². The first-order valence-electron chi connectivity index (χ1n) is 5.15. The fourth-order valence-corrected chi connectivity index (χ4v) is 1.30. The minimum atomic E-state index is 0.142. The van der Waals surface area contributed by atoms with Gasteiger partial charge in [0.05, 0.1) is 6.10 Å². The topological polar surface area (TPSA) is 35.2 Å². The summed E-state index contributed by atoms with van der Waals surface area (Å²) in [7, 11) is 0. The molecular weight excluding hydrogens is 174 g/mol. The third kappa shape index (κ3) is 3.04. The summed E-state index contributed by atoms with van der Waals surface area (Å²) < 4.78 is 5.54. The minimum absolute atomic E-state index is 0.142. The van der Waals surface area contributed by atoms with Gasteiger partial charge in [0.1, 0.15) is 5.75 Å². The van der Waals surface area contributed by atoms with Crippen molar-refractivity contribution in [1.82, 2.24) is 0 Å². The van der Waals surface area contributed by atoms with Gasteiger partial charge >= 0.3 is 0 Å². The van der Waals surface area contributed by atoms with E-state index in [9.17, 15) is 0 Å². The Morgan fingerprint density at radius 2 is 1.79 bits per heavy atom. The van der Waals surface area contributed by atoms with Crippen LogP contribution in [-0.2, 0) is 0 Å². The quantitative estimate of drug-likeness (QED) is 0.798. The van der Waals surface area contributed by atoms with Gasteiger partial charge in [0.25, 0.3) is 0 Å². The molecule has 14 heavy (non-hydrogen) atoms. The fraction of sp³-hybridized carbons (Fsp3) is 0.500. The van der Waals surface area contributed by atoms with Crippen LogP contribution in [0.25, 0.3) is 0 Å². The van der Waals surface area contributed by atoms with Gasteiger partial charge in [-0.25, -0.2) is 0 Å². The fourth-order valence-electron chi connectivity index (χ4n) is 1.30. The first kappa shape index (κ1) is 11.1. The first-order valence-corrected chi connectivity index (χ1v) is 5.15. The lowest BCUT2D eigenvalue weighted by Crippen LogP contribution is -2.09. The Labute approximate surface area is 86.1 Å². The SMILES string of the molecule is CC[C@@H](N)c1ccc(OC(C)C)cc1. The average Bonchev–Trinajstić information content (AvgIpc) is 2.17. The molecule has 0 spiro atoms. The Morgan fingerprint density at radius 1 is 1.21 bits per heavy atom. The van der Waals surface area contributed by atoms with Gasteiger partial charge in [-0.3, -0.25) is 0 Å². The molecule has 2 N–H and O–H groups in total. The summed E-state index contributed by atoms with van der Waals surface area (Å²) >= 11 is 0. The smallest absolute Gasteiger partial charge is 0.119 e. The van der Waals surface area contributed by atoms with Gasteiger partial charge in [-0.15, -0.1) is 0 Å². The van der Waals surface area contributed by atoms with Crippen molar-refractivity contribution in [3.63, 3.8) is 0 Å². The summed E-state index contributed by atoms with van der Waals surface area (Å²) in [6, 6.07) is 8.16. The van der Waals surface area contributed by atoms with Crippen LogP contribution >= 0.6 is 0 Å². The Morgan fingerprint density at radius 3 is 2.21 bits per heavy atom. The van der Waals surface area contributed by atoms with Crippen molar-refractivity contribution in [1.29, 1.82) is 0 Å². The van der Waals surface area contributed by atoms with Gasteiger partial charge in [-0.05, 0) is 38.0 Å². The van der Waals surface area contributed by atoms with Crippen LogP contribution < -0.4 is 10.5 Å².